The molecule has 0 spiro atoms. The number of ether oxygens (including phenoxy) is 1. The topological polar surface area (TPSA) is 136 Å². The molecule has 2 aromatic rings. The van der Waals surface area contributed by atoms with Crippen LogP contribution in [0.25, 0.3) is 0 Å². The first kappa shape index (κ1) is 19.6. The number of oxazole rings is 1. The molecule has 0 saturated carbocycles. The Labute approximate surface area is 161 Å². The number of nitrogens with two attached hydrogens (primary N) is 1. The van der Waals surface area contributed by atoms with E-state index in [0.29, 0.717) is 19.4 Å². The number of benzene rings is 1. The number of hydrogen-bond acceptors (Lipinski definition) is 7. The van der Waals surface area contributed by atoms with Crippen LogP contribution in [0.4, 0.5) is 0 Å². The van der Waals surface area contributed by atoms with E-state index in [4.69, 9.17) is 14.9 Å². The summed E-state index contributed by atoms with van der Waals surface area (Å²) in [5.74, 6) is -3.21. The fourth-order valence-electron chi connectivity index (χ4n) is 3.09. The van der Waals surface area contributed by atoms with Crippen molar-refractivity contribution in [3.8, 4) is 0 Å². The predicted octanol–water partition coefficient (Wildman–Crippen LogP) is 1.15. The van der Waals surface area contributed by atoms with Gasteiger partial charge in [0.15, 0.2) is 5.69 Å². The second-order valence-corrected chi connectivity index (χ2v) is 6.45. The third-order valence-electron chi connectivity index (χ3n) is 4.58. The first-order valence-corrected chi connectivity index (χ1v) is 8.91. The highest BCUT2D eigenvalue weighted by Crippen LogP contribution is 2.22. The molecule has 0 bridgehead atoms. The summed E-state index contributed by atoms with van der Waals surface area (Å²) in [5, 5.41) is 9.22. The molecule has 3 rings (SSSR count). The molecule has 9 heteroatoms. The average molecular weight is 387 g/mol. The van der Waals surface area contributed by atoms with Gasteiger partial charge < -0.3 is 24.9 Å². The maximum absolute atomic E-state index is 12.6. The first-order valence-electron chi connectivity index (χ1n) is 8.91. The van der Waals surface area contributed by atoms with Crippen molar-refractivity contribution < 1.29 is 28.6 Å². The molecule has 148 valence electrons. The number of carbonyl (C=O) groups excluding carboxylic acids is 2. The van der Waals surface area contributed by atoms with E-state index in [-0.39, 0.29) is 24.7 Å². The van der Waals surface area contributed by atoms with Crippen LogP contribution in [-0.4, -0.2) is 52.0 Å². The monoisotopic (exact) mass is 387 g/mol. The molecule has 2 atom stereocenters. The Bertz CT molecular complexity index is 850. The van der Waals surface area contributed by atoms with E-state index in [2.05, 4.69) is 4.98 Å². The molecule has 1 aromatic carbocycles. The molecule has 3 N–H and O–H groups in total. The maximum atomic E-state index is 12.6. The van der Waals surface area contributed by atoms with E-state index in [9.17, 15) is 19.5 Å². The maximum Gasteiger partial charge on any atom is 0.326 e. The van der Waals surface area contributed by atoms with Gasteiger partial charge in [0.25, 0.3) is 5.91 Å². The number of rotatable bonds is 7. The standard InChI is InChI=1S/C19H21N3O6/c20-9-13(19(26)28-10-12-5-2-1-3-6-12)16-21-14(11-27-16)17(23)22-8-4-7-15(22)18(24)25/h1-3,5-6,11,13,15H,4,7-10,20H2,(H,24,25)/t13-,15+/m0/s1. The van der Waals surface area contributed by atoms with Gasteiger partial charge in [0, 0.05) is 13.1 Å². The number of likely N-dealkylation sites (tertiary alicyclic amines) is 1. The summed E-state index contributed by atoms with van der Waals surface area (Å²) in [4.78, 5) is 41.5. The zero-order chi connectivity index (χ0) is 20.1. The van der Waals surface area contributed by atoms with Gasteiger partial charge in [-0.15, -0.1) is 0 Å². The van der Waals surface area contributed by atoms with Gasteiger partial charge >= 0.3 is 11.9 Å². The number of nitrogens with zero attached hydrogens (tertiary/aromatic N) is 2. The van der Waals surface area contributed by atoms with Crippen molar-refractivity contribution in [1.82, 2.24) is 9.88 Å². The Morgan fingerprint density at radius 2 is 2.07 bits per heavy atom. The van der Waals surface area contributed by atoms with Crippen LogP contribution in [-0.2, 0) is 20.9 Å². The van der Waals surface area contributed by atoms with E-state index in [1.54, 1.807) is 0 Å². The third kappa shape index (κ3) is 4.20. The highest BCUT2D eigenvalue weighted by atomic mass is 16.5. The Balaban J connectivity index is 1.67. The van der Waals surface area contributed by atoms with Gasteiger partial charge in [-0.05, 0) is 18.4 Å². The van der Waals surface area contributed by atoms with Crippen molar-refractivity contribution in [2.75, 3.05) is 13.1 Å². The molecule has 2 heterocycles. The molecule has 28 heavy (non-hydrogen) atoms. The van der Waals surface area contributed by atoms with Gasteiger partial charge in [-0.1, -0.05) is 30.3 Å². The second kappa shape index (κ2) is 8.66. The summed E-state index contributed by atoms with van der Waals surface area (Å²) < 4.78 is 10.5. The highest BCUT2D eigenvalue weighted by molar-refractivity contribution is 5.95. The predicted molar refractivity (Wildman–Crippen MR) is 96.2 cm³/mol. The minimum atomic E-state index is -1.06. The number of hydrogen-bond donors (Lipinski definition) is 2. The van der Waals surface area contributed by atoms with Crippen LogP contribution in [0, 0.1) is 0 Å². The number of carbonyl (C=O) groups is 3. The minimum Gasteiger partial charge on any atom is -0.480 e. The van der Waals surface area contributed by atoms with E-state index < -0.39 is 29.8 Å². The van der Waals surface area contributed by atoms with Crippen LogP contribution in [0.5, 0.6) is 0 Å². The van der Waals surface area contributed by atoms with E-state index in [1.165, 1.54) is 4.90 Å². The molecule has 1 aliphatic rings. The van der Waals surface area contributed by atoms with Crippen molar-refractivity contribution in [2.24, 2.45) is 5.73 Å². The lowest BCUT2D eigenvalue weighted by molar-refractivity contribution is -0.147. The molecule has 1 aromatic heterocycles. The summed E-state index contributed by atoms with van der Waals surface area (Å²) in [6, 6.07) is 8.28. The highest BCUT2D eigenvalue weighted by Gasteiger charge is 2.36. The summed E-state index contributed by atoms with van der Waals surface area (Å²) in [6.07, 6.45) is 2.11. The normalized spacial score (nSPS) is 17.3. The molecular weight excluding hydrogens is 366 g/mol. The van der Waals surface area contributed by atoms with Gasteiger partial charge in [0.1, 0.15) is 24.8 Å². The largest absolute Gasteiger partial charge is 0.480 e. The lowest BCUT2D eigenvalue weighted by Crippen LogP contribution is -2.40. The van der Waals surface area contributed by atoms with Crippen LogP contribution >= 0.6 is 0 Å². The Morgan fingerprint density at radius 1 is 1.32 bits per heavy atom. The van der Waals surface area contributed by atoms with Crippen LogP contribution < -0.4 is 5.73 Å². The van der Waals surface area contributed by atoms with Crippen molar-refractivity contribution in [1.29, 1.82) is 0 Å². The summed E-state index contributed by atoms with van der Waals surface area (Å²) >= 11 is 0. The summed E-state index contributed by atoms with van der Waals surface area (Å²) in [7, 11) is 0. The van der Waals surface area contributed by atoms with E-state index in [1.807, 2.05) is 30.3 Å². The van der Waals surface area contributed by atoms with Crippen molar-refractivity contribution >= 4 is 17.8 Å². The molecule has 0 unspecified atom stereocenters. The van der Waals surface area contributed by atoms with Crippen molar-refractivity contribution in [2.45, 2.75) is 31.4 Å². The number of amides is 1. The van der Waals surface area contributed by atoms with Crippen LogP contribution in [0.2, 0.25) is 0 Å². The smallest absolute Gasteiger partial charge is 0.326 e. The van der Waals surface area contributed by atoms with Gasteiger partial charge in [0.05, 0.1) is 0 Å². The summed E-state index contributed by atoms with van der Waals surface area (Å²) in [5.41, 5.74) is 6.43. The molecular formula is C19H21N3O6. The zero-order valence-electron chi connectivity index (χ0n) is 15.1. The van der Waals surface area contributed by atoms with Crippen molar-refractivity contribution in [3.63, 3.8) is 0 Å². The van der Waals surface area contributed by atoms with Gasteiger partial charge in [-0.2, -0.15) is 0 Å². The van der Waals surface area contributed by atoms with Crippen LogP contribution in [0.15, 0.2) is 41.0 Å². The Kier molecular flexibility index (Phi) is 6.05. The molecule has 1 fully saturated rings. The Hall–Kier alpha value is -3.20. The van der Waals surface area contributed by atoms with Crippen LogP contribution in [0.3, 0.4) is 0 Å². The first-order chi connectivity index (χ1) is 13.5. The second-order valence-electron chi connectivity index (χ2n) is 6.45. The fourth-order valence-corrected chi connectivity index (χ4v) is 3.09. The number of esters is 1. The van der Waals surface area contributed by atoms with Gasteiger partial charge in [0.2, 0.25) is 5.89 Å². The SMILES string of the molecule is NC[C@H](C(=O)OCc1ccccc1)c1nc(C(=O)N2CCC[C@@H]2C(=O)O)co1. The average Bonchev–Trinajstić information content (AvgIpc) is 3.37. The third-order valence-corrected chi connectivity index (χ3v) is 4.58. The lowest BCUT2D eigenvalue weighted by atomic mass is 10.1. The number of aromatic nitrogens is 1. The quantitative estimate of drug-likeness (QED) is 0.675. The molecule has 1 aliphatic heterocycles. The molecule has 1 saturated heterocycles. The van der Waals surface area contributed by atoms with E-state index >= 15 is 0 Å². The molecule has 0 aliphatic carbocycles. The number of aliphatic carboxylic acids is 1. The van der Waals surface area contributed by atoms with Gasteiger partial charge in [-0.25, -0.2) is 9.78 Å². The minimum absolute atomic E-state index is 0.0324. The Morgan fingerprint density at radius 3 is 2.75 bits per heavy atom. The van der Waals surface area contributed by atoms with Crippen molar-refractivity contribution in [3.05, 3.63) is 53.7 Å². The lowest BCUT2D eigenvalue weighted by Gasteiger charge is -2.19. The number of carboxylic acid groups (broad SMARTS) is 1. The molecule has 0 radical (unpaired) electrons. The number of carboxylic acids is 1. The van der Waals surface area contributed by atoms with Crippen LogP contribution in [0.1, 0.15) is 40.7 Å². The molecule has 1 amide bonds. The van der Waals surface area contributed by atoms with Gasteiger partial charge in [-0.3, -0.25) is 9.59 Å². The summed E-state index contributed by atoms with van der Waals surface area (Å²) in [6.45, 7) is 0.303. The fraction of sp³-hybridized carbons (Fsp3) is 0.368. The van der Waals surface area contributed by atoms with E-state index in [0.717, 1.165) is 11.8 Å². The molecule has 9 nitrogen and oxygen atoms in total. The zero-order valence-corrected chi connectivity index (χ0v) is 15.1.